The van der Waals surface area contributed by atoms with Crippen molar-refractivity contribution < 1.29 is 29.0 Å². The number of carbonyl (C=O) groups excluding carboxylic acids is 1. The van der Waals surface area contributed by atoms with Gasteiger partial charge in [-0.25, -0.2) is 4.79 Å². The number of hydrogen-bond acceptors (Lipinski definition) is 6. The molecule has 3 aliphatic rings. The molecule has 3 rings (SSSR count). The minimum Gasteiger partial charge on any atom is -0.481 e. The fourth-order valence-electron chi connectivity index (χ4n) is 3.00. The first-order valence-electron chi connectivity index (χ1n) is 6.63. The van der Waals surface area contributed by atoms with Crippen molar-refractivity contribution in [2.45, 2.75) is 62.6 Å². The Labute approximate surface area is 110 Å². The Hall–Kier alpha value is -1.18. The number of carbonyl (C=O) groups is 2. The van der Waals surface area contributed by atoms with Gasteiger partial charge >= 0.3 is 11.9 Å². The molecule has 7 heteroatoms. The number of carboxylic acid groups (broad SMARTS) is 1. The monoisotopic (exact) mass is 271 g/mol. The molecule has 0 aromatic carbocycles. The Morgan fingerprint density at radius 2 is 2.11 bits per heavy atom. The third-order valence-corrected chi connectivity index (χ3v) is 3.88. The van der Waals surface area contributed by atoms with Crippen molar-refractivity contribution in [3.63, 3.8) is 0 Å². The summed E-state index contributed by atoms with van der Waals surface area (Å²) in [5.41, 5.74) is 2.57. The predicted molar refractivity (Wildman–Crippen MR) is 60.6 cm³/mol. The van der Waals surface area contributed by atoms with E-state index in [4.69, 9.17) is 19.4 Å². The van der Waals surface area contributed by atoms with Gasteiger partial charge in [-0.2, -0.15) is 5.48 Å². The molecule has 19 heavy (non-hydrogen) atoms. The largest absolute Gasteiger partial charge is 0.481 e. The lowest BCUT2D eigenvalue weighted by Crippen LogP contribution is -2.39. The number of ether oxygens (including phenoxy) is 2. The first-order chi connectivity index (χ1) is 9.04. The lowest BCUT2D eigenvalue weighted by molar-refractivity contribution is -0.270. The molecule has 1 saturated carbocycles. The van der Waals surface area contributed by atoms with E-state index in [0.717, 1.165) is 19.3 Å². The van der Waals surface area contributed by atoms with E-state index in [1.807, 2.05) is 0 Å². The van der Waals surface area contributed by atoms with Crippen LogP contribution in [0.15, 0.2) is 0 Å². The fraction of sp³-hybridized carbons (Fsp3) is 0.833. The highest BCUT2D eigenvalue weighted by atomic mass is 16.9. The summed E-state index contributed by atoms with van der Waals surface area (Å²) in [5, 5.41) is 8.76. The molecule has 2 N–H and O–H groups in total. The van der Waals surface area contributed by atoms with Crippen molar-refractivity contribution in [2.24, 2.45) is 0 Å². The van der Waals surface area contributed by atoms with Crippen molar-refractivity contribution in [1.29, 1.82) is 0 Å². The van der Waals surface area contributed by atoms with Crippen LogP contribution in [0.25, 0.3) is 0 Å². The first-order valence-corrected chi connectivity index (χ1v) is 6.63. The summed E-state index contributed by atoms with van der Waals surface area (Å²) in [6.07, 6.45) is 4.41. The fourth-order valence-corrected chi connectivity index (χ4v) is 3.00. The first kappa shape index (κ1) is 12.8. The van der Waals surface area contributed by atoms with E-state index in [2.05, 4.69) is 5.48 Å². The van der Waals surface area contributed by atoms with Gasteiger partial charge in [0.15, 0.2) is 0 Å². The van der Waals surface area contributed by atoms with Gasteiger partial charge < -0.3 is 9.84 Å². The highest BCUT2D eigenvalue weighted by Gasteiger charge is 2.62. The second-order valence-electron chi connectivity index (χ2n) is 5.43. The average Bonchev–Trinajstić information content (AvgIpc) is 2.83. The maximum absolute atomic E-state index is 12.0. The third kappa shape index (κ3) is 2.22. The molecule has 2 heterocycles. The molecule has 2 spiro atoms. The molecule has 0 aromatic heterocycles. The molecular formula is C12H17NO6. The Bertz CT molecular complexity index is 405. The smallest absolute Gasteiger partial charge is 0.371 e. The van der Waals surface area contributed by atoms with Gasteiger partial charge in [-0.1, -0.05) is 6.42 Å². The highest BCUT2D eigenvalue weighted by molar-refractivity contribution is 5.80. The molecule has 1 unspecified atom stereocenters. The van der Waals surface area contributed by atoms with E-state index < -0.39 is 29.6 Å². The average molecular weight is 271 g/mol. The molecular weight excluding hydrogens is 254 g/mol. The highest BCUT2D eigenvalue weighted by Crippen LogP contribution is 2.46. The lowest BCUT2D eigenvalue weighted by atomic mass is 9.94. The Morgan fingerprint density at radius 1 is 1.37 bits per heavy atom. The van der Waals surface area contributed by atoms with Crippen molar-refractivity contribution in [1.82, 2.24) is 5.48 Å². The van der Waals surface area contributed by atoms with Gasteiger partial charge in [0.05, 0.1) is 6.42 Å². The van der Waals surface area contributed by atoms with Crippen LogP contribution >= 0.6 is 0 Å². The second kappa shape index (κ2) is 4.43. The Morgan fingerprint density at radius 3 is 2.79 bits per heavy atom. The van der Waals surface area contributed by atoms with Gasteiger partial charge in [-0.05, 0) is 12.8 Å². The zero-order valence-electron chi connectivity index (χ0n) is 10.5. The summed E-state index contributed by atoms with van der Waals surface area (Å²) in [6.45, 7) is 0. The number of hydrogen-bond donors (Lipinski definition) is 2. The van der Waals surface area contributed by atoms with Gasteiger partial charge in [0.1, 0.15) is 0 Å². The quantitative estimate of drug-likeness (QED) is 0.713. The number of nitrogens with one attached hydrogen (secondary N) is 1. The van der Waals surface area contributed by atoms with Gasteiger partial charge in [-0.15, -0.1) is 0 Å². The van der Waals surface area contributed by atoms with Crippen LogP contribution in [0.4, 0.5) is 0 Å². The topological polar surface area (TPSA) is 94.1 Å². The van der Waals surface area contributed by atoms with Crippen molar-refractivity contribution >= 4 is 11.9 Å². The molecule has 0 aromatic rings. The van der Waals surface area contributed by atoms with Crippen molar-refractivity contribution in [2.75, 3.05) is 0 Å². The van der Waals surface area contributed by atoms with Gasteiger partial charge in [-0.3, -0.25) is 14.4 Å². The predicted octanol–water partition coefficient (Wildman–Crippen LogP) is 0.685. The van der Waals surface area contributed by atoms with Crippen LogP contribution in [0, 0.1) is 0 Å². The molecule has 2 atom stereocenters. The second-order valence-corrected chi connectivity index (χ2v) is 5.43. The zero-order valence-corrected chi connectivity index (χ0v) is 10.5. The van der Waals surface area contributed by atoms with E-state index >= 15 is 0 Å². The van der Waals surface area contributed by atoms with Gasteiger partial charge in [0.2, 0.25) is 5.79 Å². The number of aliphatic carboxylic acids is 1. The molecule has 1 aliphatic carbocycles. The van der Waals surface area contributed by atoms with Crippen LogP contribution in [-0.2, 0) is 23.9 Å². The summed E-state index contributed by atoms with van der Waals surface area (Å²) in [5.74, 6) is -3.82. The van der Waals surface area contributed by atoms with E-state index in [-0.39, 0.29) is 12.8 Å². The van der Waals surface area contributed by atoms with E-state index in [0.29, 0.717) is 12.8 Å². The zero-order chi connectivity index (χ0) is 13.5. The molecule has 3 fully saturated rings. The normalized spacial score (nSPS) is 36.8. The molecule has 0 radical (unpaired) electrons. The minimum atomic E-state index is -1.46. The van der Waals surface area contributed by atoms with Crippen molar-refractivity contribution in [3.05, 3.63) is 0 Å². The molecule has 0 amide bonds. The van der Waals surface area contributed by atoms with Crippen LogP contribution in [0.5, 0.6) is 0 Å². The lowest BCUT2D eigenvalue weighted by Gasteiger charge is -2.31. The van der Waals surface area contributed by atoms with Crippen molar-refractivity contribution in [3.8, 4) is 0 Å². The summed E-state index contributed by atoms with van der Waals surface area (Å²) < 4.78 is 11.2. The standard InChI is InChI=1S/C12H17NO6/c14-9(15)6-8-7-12(19-13-8)10(16)17-11(18-12)4-2-1-3-5-11/h8,13H,1-7H2,(H,14,15)/t8-,12?/m1/s1. The number of rotatable bonds is 2. The summed E-state index contributed by atoms with van der Waals surface area (Å²) in [4.78, 5) is 28.0. The van der Waals surface area contributed by atoms with Crippen LogP contribution in [0.1, 0.15) is 44.9 Å². The minimum absolute atomic E-state index is 0.120. The van der Waals surface area contributed by atoms with Crippen LogP contribution in [0.2, 0.25) is 0 Å². The van der Waals surface area contributed by atoms with Gasteiger partial charge in [0, 0.05) is 25.3 Å². The summed E-state index contributed by atoms with van der Waals surface area (Å²) >= 11 is 0. The Balaban J connectivity index is 1.71. The summed E-state index contributed by atoms with van der Waals surface area (Å²) in [6, 6.07) is -0.441. The molecule has 106 valence electrons. The maximum Gasteiger partial charge on any atom is 0.371 e. The molecule has 0 bridgehead atoms. The molecule has 2 aliphatic heterocycles. The molecule has 2 saturated heterocycles. The number of carboxylic acids is 1. The third-order valence-electron chi connectivity index (χ3n) is 3.88. The van der Waals surface area contributed by atoms with E-state index in [1.165, 1.54) is 0 Å². The number of esters is 1. The number of hydroxylamine groups is 1. The van der Waals surface area contributed by atoms with Gasteiger partial charge in [0.25, 0.3) is 5.79 Å². The molecule has 7 nitrogen and oxygen atoms in total. The van der Waals surface area contributed by atoms with E-state index in [9.17, 15) is 9.59 Å². The van der Waals surface area contributed by atoms with E-state index in [1.54, 1.807) is 0 Å². The van der Waals surface area contributed by atoms with Crippen LogP contribution < -0.4 is 5.48 Å². The SMILES string of the molecule is O=C(O)C[C@@H]1CC2(ON1)OC1(CCCCC1)OC2=O. The van der Waals surface area contributed by atoms with Crippen LogP contribution in [0.3, 0.4) is 0 Å². The summed E-state index contributed by atoms with van der Waals surface area (Å²) in [7, 11) is 0. The maximum atomic E-state index is 12.0. The Kier molecular flexibility index (Phi) is 2.99. The van der Waals surface area contributed by atoms with Crippen LogP contribution in [-0.4, -0.2) is 34.7 Å².